The molecule has 1 aromatic rings. The van der Waals surface area contributed by atoms with Crippen LogP contribution in [-0.2, 0) is 0 Å². The van der Waals surface area contributed by atoms with Crippen molar-refractivity contribution < 1.29 is 0 Å². The third kappa shape index (κ3) is 4.34. The third-order valence-corrected chi connectivity index (χ3v) is 3.33. The molecular weight excluding hydrogens is 220 g/mol. The second-order valence-electron chi connectivity index (χ2n) is 5.04. The van der Waals surface area contributed by atoms with E-state index in [4.69, 9.17) is 5.73 Å². The topological polar surface area (TPSA) is 29.3 Å². The highest BCUT2D eigenvalue weighted by molar-refractivity contribution is 5.54. The van der Waals surface area contributed by atoms with Crippen molar-refractivity contribution in [2.45, 2.75) is 52.5 Å². The number of hydrogen-bond acceptors (Lipinski definition) is 2. The normalized spacial score (nSPS) is 12.4. The monoisotopic (exact) mass is 248 g/mol. The van der Waals surface area contributed by atoms with Crippen molar-refractivity contribution in [3.05, 3.63) is 29.8 Å². The third-order valence-electron chi connectivity index (χ3n) is 3.33. The molecule has 18 heavy (non-hydrogen) atoms. The Balaban J connectivity index is 2.88. The van der Waals surface area contributed by atoms with Gasteiger partial charge in [0.1, 0.15) is 0 Å². The van der Waals surface area contributed by atoms with E-state index in [1.165, 1.54) is 36.9 Å². The predicted octanol–water partition coefficient (Wildman–Crippen LogP) is 4.11. The number of anilines is 1. The summed E-state index contributed by atoms with van der Waals surface area (Å²) in [7, 11) is 0. The Hall–Kier alpha value is -1.02. The highest BCUT2D eigenvalue weighted by atomic mass is 15.1. The molecule has 1 atom stereocenters. The Bertz CT molecular complexity index is 326. The van der Waals surface area contributed by atoms with Gasteiger partial charge in [0, 0.05) is 24.8 Å². The highest BCUT2D eigenvalue weighted by Crippen LogP contribution is 2.25. The summed E-state index contributed by atoms with van der Waals surface area (Å²) in [6.45, 7) is 8.84. The van der Waals surface area contributed by atoms with Crippen LogP contribution in [0.25, 0.3) is 0 Å². The van der Waals surface area contributed by atoms with Gasteiger partial charge >= 0.3 is 0 Å². The van der Waals surface area contributed by atoms with Crippen LogP contribution in [0, 0.1) is 0 Å². The molecular formula is C16H28N2. The maximum absolute atomic E-state index is 6.08. The van der Waals surface area contributed by atoms with Crippen LogP contribution in [0.15, 0.2) is 24.3 Å². The number of rotatable bonds is 8. The van der Waals surface area contributed by atoms with Gasteiger partial charge in [0.25, 0.3) is 0 Å². The number of nitrogens with two attached hydrogens (primary N) is 1. The molecule has 0 aromatic heterocycles. The van der Waals surface area contributed by atoms with Crippen molar-refractivity contribution in [2.75, 3.05) is 18.0 Å². The molecule has 0 aliphatic heterocycles. The predicted molar refractivity (Wildman–Crippen MR) is 81.1 cm³/mol. The lowest BCUT2D eigenvalue weighted by Crippen LogP contribution is -2.27. The van der Waals surface area contributed by atoms with E-state index in [1.54, 1.807) is 0 Å². The number of para-hydroxylation sites is 1. The first kappa shape index (κ1) is 15.0. The molecule has 1 unspecified atom stereocenters. The average Bonchev–Trinajstić information content (AvgIpc) is 2.39. The smallest absolute Gasteiger partial charge is 0.0414 e. The van der Waals surface area contributed by atoms with Gasteiger partial charge in [-0.3, -0.25) is 0 Å². The van der Waals surface area contributed by atoms with Crippen LogP contribution < -0.4 is 10.6 Å². The van der Waals surface area contributed by atoms with Gasteiger partial charge in [-0.05, 0) is 31.4 Å². The molecule has 0 fully saturated rings. The zero-order chi connectivity index (χ0) is 13.4. The first-order valence-corrected chi connectivity index (χ1v) is 7.30. The molecule has 2 nitrogen and oxygen atoms in total. The lowest BCUT2D eigenvalue weighted by Gasteiger charge is -2.28. The van der Waals surface area contributed by atoms with Gasteiger partial charge in [-0.1, -0.05) is 44.9 Å². The quantitative estimate of drug-likeness (QED) is 0.750. The van der Waals surface area contributed by atoms with Gasteiger partial charge in [0.2, 0.25) is 0 Å². The standard InChI is InChI=1S/C16H28N2/c1-4-6-12-18(13-7-5-2)16-11-9-8-10-15(16)14(3)17/h8-11,14H,4-7,12-13,17H2,1-3H3. The average molecular weight is 248 g/mol. The van der Waals surface area contributed by atoms with Crippen LogP contribution in [0.3, 0.4) is 0 Å². The fourth-order valence-corrected chi connectivity index (χ4v) is 2.21. The zero-order valence-electron chi connectivity index (χ0n) is 12.2. The van der Waals surface area contributed by atoms with Crippen molar-refractivity contribution in [1.29, 1.82) is 0 Å². The molecule has 0 amide bonds. The molecule has 102 valence electrons. The highest BCUT2D eigenvalue weighted by Gasteiger charge is 2.12. The Morgan fingerprint density at radius 2 is 1.61 bits per heavy atom. The molecule has 0 saturated carbocycles. The summed E-state index contributed by atoms with van der Waals surface area (Å²) in [5.74, 6) is 0. The molecule has 0 aliphatic rings. The Morgan fingerprint density at radius 3 is 2.11 bits per heavy atom. The number of unbranched alkanes of at least 4 members (excludes halogenated alkanes) is 2. The summed E-state index contributed by atoms with van der Waals surface area (Å²) >= 11 is 0. The van der Waals surface area contributed by atoms with Crippen molar-refractivity contribution in [1.82, 2.24) is 0 Å². The summed E-state index contributed by atoms with van der Waals surface area (Å²) in [4.78, 5) is 2.51. The maximum atomic E-state index is 6.08. The lowest BCUT2D eigenvalue weighted by atomic mass is 10.1. The Kier molecular flexibility index (Phi) is 6.81. The van der Waals surface area contributed by atoms with E-state index in [1.807, 2.05) is 0 Å². The number of hydrogen-bond donors (Lipinski definition) is 1. The van der Waals surface area contributed by atoms with Crippen LogP contribution in [-0.4, -0.2) is 13.1 Å². The molecule has 0 bridgehead atoms. The van der Waals surface area contributed by atoms with Crippen molar-refractivity contribution in [3.63, 3.8) is 0 Å². The largest absolute Gasteiger partial charge is 0.371 e. The van der Waals surface area contributed by atoms with E-state index in [0.717, 1.165) is 13.1 Å². The van der Waals surface area contributed by atoms with E-state index < -0.39 is 0 Å². The van der Waals surface area contributed by atoms with Crippen molar-refractivity contribution in [3.8, 4) is 0 Å². The molecule has 0 heterocycles. The Labute approximate surface area is 112 Å². The molecule has 2 heteroatoms. The summed E-state index contributed by atoms with van der Waals surface area (Å²) in [6, 6.07) is 8.67. The van der Waals surface area contributed by atoms with Crippen LogP contribution >= 0.6 is 0 Å². The van der Waals surface area contributed by atoms with Gasteiger partial charge in [-0.25, -0.2) is 0 Å². The van der Waals surface area contributed by atoms with E-state index in [-0.39, 0.29) is 6.04 Å². The fourth-order valence-electron chi connectivity index (χ4n) is 2.21. The SMILES string of the molecule is CCCCN(CCCC)c1ccccc1C(C)N. The number of benzene rings is 1. The fraction of sp³-hybridized carbons (Fsp3) is 0.625. The first-order chi connectivity index (χ1) is 8.70. The van der Waals surface area contributed by atoms with Crippen LogP contribution in [0.1, 0.15) is 58.1 Å². The minimum atomic E-state index is 0.104. The minimum Gasteiger partial charge on any atom is -0.371 e. The van der Waals surface area contributed by atoms with Gasteiger partial charge in [-0.2, -0.15) is 0 Å². The second kappa shape index (κ2) is 8.15. The van der Waals surface area contributed by atoms with Gasteiger partial charge in [0.15, 0.2) is 0 Å². The lowest BCUT2D eigenvalue weighted by molar-refractivity contribution is 0.671. The molecule has 2 N–H and O–H groups in total. The second-order valence-corrected chi connectivity index (χ2v) is 5.04. The number of nitrogens with zero attached hydrogens (tertiary/aromatic N) is 1. The van der Waals surface area contributed by atoms with E-state index in [2.05, 4.69) is 49.9 Å². The van der Waals surface area contributed by atoms with Crippen LogP contribution in [0.5, 0.6) is 0 Å². The summed E-state index contributed by atoms with van der Waals surface area (Å²) in [6.07, 6.45) is 4.97. The molecule has 0 aliphatic carbocycles. The van der Waals surface area contributed by atoms with E-state index >= 15 is 0 Å². The molecule has 0 spiro atoms. The molecule has 1 aromatic carbocycles. The first-order valence-electron chi connectivity index (χ1n) is 7.30. The summed E-state index contributed by atoms with van der Waals surface area (Å²) < 4.78 is 0. The van der Waals surface area contributed by atoms with Gasteiger partial charge < -0.3 is 10.6 Å². The molecule has 1 rings (SSSR count). The molecule has 0 saturated heterocycles. The van der Waals surface area contributed by atoms with Crippen LogP contribution in [0.2, 0.25) is 0 Å². The van der Waals surface area contributed by atoms with Gasteiger partial charge in [0.05, 0.1) is 0 Å². The zero-order valence-corrected chi connectivity index (χ0v) is 12.2. The van der Waals surface area contributed by atoms with Crippen molar-refractivity contribution >= 4 is 5.69 Å². The Morgan fingerprint density at radius 1 is 1.06 bits per heavy atom. The maximum Gasteiger partial charge on any atom is 0.0414 e. The minimum absolute atomic E-state index is 0.104. The van der Waals surface area contributed by atoms with E-state index in [0.29, 0.717) is 0 Å². The summed E-state index contributed by atoms with van der Waals surface area (Å²) in [5.41, 5.74) is 8.68. The molecule has 0 radical (unpaired) electrons. The summed E-state index contributed by atoms with van der Waals surface area (Å²) in [5, 5.41) is 0. The van der Waals surface area contributed by atoms with E-state index in [9.17, 15) is 0 Å². The van der Waals surface area contributed by atoms with Crippen LogP contribution in [0.4, 0.5) is 5.69 Å². The van der Waals surface area contributed by atoms with Gasteiger partial charge in [-0.15, -0.1) is 0 Å². The van der Waals surface area contributed by atoms with Crippen molar-refractivity contribution in [2.24, 2.45) is 5.73 Å².